The van der Waals surface area contributed by atoms with Gasteiger partial charge in [-0.15, -0.1) is 0 Å². The second kappa shape index (κ2) is 5.86. The maximum atomic E-state index is 5.88. The Balaban J connectivity index is 2.05. The summed E-state index contributed by atoms with van der Waals surface area (Å²) in [6.45, 7) is 10.7. The molecule has 0 aliphatic heterocycles. The van der Waals surface area contributed by atoms with Crippen molar-refractivity contribution >= 4 is 0 Å². The van der Waals surface area contributed by atoms with E-state index in [0.717, 1.165) is 25.5 Å². The van der Waals surface area contributed by atoms with Gasteiger partial charge >= 0.3 is 0 Å². The van der Waals surface area contributed by atoms with Crippen molar-refractivity contribution in [3.8, 4) is 0 Å². The van der Waals surface area contributed by atoms with Crippen molar-refractivity contribution in [1.82, 2.24) is 5.32 Å². The van der Waals surface area contributed by atoms with Gasteiger partial charge in [0.1, 0.15) is 0 Å². The Morgan fingerprint density at radius 2 is 2.00 bits per heavy atom. The zero-order valence-electron chi connectivity index (χ0n) is 10.8. The largest absolute Gasteiger partial charge is 0.377 e. The summed E-state index contributed by atoms with van der Waals surface area (Å²) in [7, 11) is 0. The fourth-order valence-electron chi connectivity index (χ4n) is 1.55. The van der Waals surface area contributed by atoms with Crippen LogP contribution in [0.15, 0.2) is 0 Å². The molecule has 1 rings (SSSR count). The summed E-state index contributed by atoms with van der Waals surface area (Å²) < 4.78 is 5.88. The molecular formula is C13H27NO. The van der Waals surface area contributed by atoms with Crippen LogP contribution in [0.4, 0.5) is 0 Å². The third kappa shape index (κ3) is 6.91. The Hall–Kier alpha value is -0.0800. The van der Waals surface area contributed by atoms with Crippen LogP contribution in [-0.2, 0) is 4.74 Å². The van der Waals surface area contributed by atoms with Gasteiger partial charge in [0.2, 0.25) is 0 Å². The molecule has 0 aromatic rings. The highest BCUT2D eigenvalue weighted by molar-refractivity contribution is 4.74. The highest BCUT2D eigenvalue weighted by atomic mass is 16.5. The Morgan fingerprint density at radius 3 is 2.47 bits per heavy atom. The SMILES string of the molecule is CCC(CNC(C)(C)C)OCCC1CC1. The molecule has 0 heterocycles. The standard InChI is InChI=1S/C13H27NO/c1-5-12(10-14-13(2,3)4)15-9-8-11-6-7-11/h11-12,14H,5-10H2,1-4H3. The fourth-order valence-corrected chi connectivity index (χ4v) is 1.55. The molecule has 0 aromatic heterocycles. The first-order valence-corrected chi connectivity index (χ1v) is 6.38. The molecule has 0 bridgehead atoms. The number of hydrogen-bond donors (Lipinski definition) is 1. The lowest BCUT2D eigenvalue weighted by Crippen LogP contribution is -2.41. The van der Waals surface area contributed by atoms with Crippen molar-refractivity contribution < 1.29 is 4.74 Å². The van der Waals surface area contributed by atoms with E-state index in [-0.39, 0.29) is 5.54 Å². The first-order chi connectivity index (χ1) is 7.01. The van der Waals surface area contributed by atoms with Crippen LogP contribution in [0.25, 0.3) is 0 Å². The molecular weight excluding hydrogens is 186 g/mol. The fraction of sp³-hybridized carbons (Fsp3) is 1.00. The van der Waals surface area contributed by atoms with Gasteiger partial charge < -0.3 is 10.1 Å². The van der Waals surface area contributed by atoms with E-state index < -0.39 is 0 Å². The highest BCUT2D eigenvalue weighted by Gasteiger charge is 2.21. The van der Waals surface area contributed by atoms with Gasteiger partial charge in [-0.25, -0.2) is 0 Å². The van der Waals surface area contributed by atoms with Crippen molar-refractivity contribution in [1.29, 1.82) is 0 Å². The molecule has 1 fully saturated rings. The lowest BCUT2D eigenvalue weighted by molar-refractivity contribution is 0.0430. The average molecular weight is 213 g/mol. The number of ether oxygens (including phenoxy) is 1. The summed E-state index contributed by atoms with van der Waals surface area (Å²) >= 11 is 0. The van der Waals surface area contributed by atoms with Crippen LogP contribution in [0.5, 0.6) is 0 Å². The van der Waals surface area contributed by atoms with Crippen LogP contribution in [0.2, 0.25) is 0 Å². The van der Waals surface area contributed by atoms with E-state index >= 15 is 0 Å². The molecule has 1 aliphatic rings. The Kier molecular flexibility index (Phi) is 5.07. The summed E-state index contributed by atoms with van der Waals surface area (Å²) in [6.07, 6.45) is 5.63. The Morgan fingerprint density at radius 1 is 1.33 bits per heavy atom. The average Bonchev–Trinajstić information content (AvgIpc) is 2.93. The van der Waals surface area contributed by atoms with E-state index in [1.165, 1.54) is 19.3 Å². The lowest BCUT2D eigenvalue weighted by atomic mass is 10.1. The zero-order valence-corrected chi connectivity index (χ0v) is 10.8. The summed E-state index contributed by atoms with van der Waals surface area (Å²) in [5.74, 6) is 0.984. The quantitative estimate of drug-likeness (QED) is 0.702. The number of nitrogens with one attached hydrogen (secondary N) is 1. The van der Waals surface area contributed by atoms with Crippen molar-refractivity contribution in [2.45, 2.75) is 65.0 Å². The van der Waals surface area contributed by atoms with Gasteiger partial charge in [-0.3, -0.25) is 0 Å². The van der Waals surface area contributed by atoms with E-state index in [2.05, 4.69) is 33.0 Å². The minimum atomic E-state index is 0.202. The van der Waals surface area contributed by atoms with Gasteiger partial charge in [0, 0.05) is 18.7 Å². The molecule has 1 saturated carbocycles. The molecule has 2 nitrogen and oxygen atoms in total. The van der Waals surface area contributed by atoms with E-state index in [1.807, 2.05) is 0 Å². The Labute approximate surface area is 94.8 Å². The lowest BCUT2D eigenvalue weighted by Gasteiger charge is -2.25. The molecule has 90 valence electrons. The van der Waals surface area contributed by atoms with Crippen LogP contribution in [0, 0.1) is 5.92 Å². The van der Waals surface area contributed by atoms with Gasteiger partial charge in [0.15, 0.2) is 0 Å². The van der Waals surface area contributed by atoms with Crippen molar-refractivity contribution in [3.63, 3.8) is 0 Å². The van der Waals surface area contributed by atoms with Gasteiger partial charge in [0.05, 0.1) is 6.10 Å². The van der Waals surface area contributed by atoms with Crippen molar-refractivity contribution in [3.05, 3.63) is 0 Å². The topological polar surface area (TPSA) is 21.3 Å². The normalized spacial score (nSPS) is 19.2. The number of hydrogen-bond acceptors (Lipinski definition) is 2. The first kappa shape index (κ1) is 13.0. The second-order valence-electron chi connectivity index (χ2n) is 5.76. The van der Waals surface area contributed by atoms with Crippen LogP contribution < -0.4 is 5.32 Å². The second-order valence-corrected chi connectivity index (χ2v) is 5.76. The van der Waals surface area contributed by atoms with E-state index in [9.17, 15) is 0 Å². The first-order valence-electron chi connectivity index (χ1n) is 6.38. The smallest absolute Gasteiger partial charge is 0.0697 e. The summed E-state index contributed by atoms with van der Waals surface area (Å²) in [6, 6.07) is 0. The van der Waals surface area contributed by atoms with Gasteiger partial charge in [-0.05, 0) is 39.5 Å². The molecule has 1 N–H and O–H groups in total. The van der Waals surface area contributed by atoms with Gasteiger partial charge in [0.25, 0.3) is 0 Å². The van der Waals surface area contributed by atoms with Gasteiger partial charge in [-0.1, -0.05) is 19.8 Å². The molecule has 1 unspecified atom stereocenters. The maximum absolute atomic E-state index is 5.88. The summed E-state index contributed by atoms with van der Waals surface area (Å²) in [4.78, 5) is 0. The Bertz CT molecular complexity index is 170. The predicted molar refractivity (Wildman–Crippen MR) is 65.1 cm³/mol. The molecule has 0 aromatic carbocycles. The number of rotatable bonds is 7. The van der Waals surface area contributed by atoms with Crippen LogP contribution in [-0.4, -0.2) is 24.8 Å². The van der Waals surface area contributed by atoms with Crippen LogP contribution >= 0.6 is 0 Å². The van der Waals surface area contributed by atoms with Crippen LogP contribution in [0.1, 0.15) is 53.4 Å². The zero-order chi connectivity index (χ0) is 11.3. The van der Waals surface area contributed by atoms with E-state index in [4.69, 9.17) is 4.74 Å². The summed E-state index contributed by atoms with van der Waals surface area (Å²) in [5.41, 5.74) is 0.202. The van der Waals surface area contributed by atoms with E-state index in [1.54, 1.807) is 0 Å². The molecule has 2 heteroatoms. The molecule has 0 spiro atoms. The van der Waals surface area contributed by atoms with E-state index in [0.29, 0.717) is 6.10 Å². The molecule has 15 heavy (non-hydrogen) atoms. The molecule has 1 aliphatic carbocycles. The molecule has 1 atom stereocenters. The highest BCUT2D eigenvalue weighted by Crippen LogP contribution is 2.32. The summed E-state index contributed by atoms with van der Waals surface area (Å²) in [5, 5.41) is 3.50. The van der Waals surface area contributed by atoms with Gasteiger partial charge in [-0.2, -0.15) is 0 Å². The minimum Gasteiger partial charge on any atom is -0.377 e. The molecule has 0 amide bonds. The van der Waals surface area contributed by atoms with Crippen molar-refractivity contribution in [2.24, 2.45) is 5.92 Å². The third-order valence-electron chi connectivity index (χ3n) is 2.89. The van der Waals surface area contributed by atoms with Crippen LogP contribution in [0.3, 0.4) is 0 Å². The monoisotopic (exact) mass is 213 g/mol. The molecule has 0 radical (unpaired) electrons. The predicted octanol–water partition coefficient (Wildman–Crippen LogP) is 2.97. The maximum Gasteiger partial charge on any atom is 0.0697 e. The minimum absolute atomic E-state index is 0.202. The molecule has 0 saturated heterocycles. The third-order valence-corrected chi connectivity index (χ3v) is 2.89. The van der Waals surface area contributed by atoms with Crippen molar-refractivity contribution in [2.75, 3.05) is 13.2 Å².